The predicted octanol–water partition coefficient (Wildman–Crippen LogP) is 3.79. The monoisotopic (exact) mass is 443 g/mol. The van der Waals surface area contributed by atoms with Crippen molar-refractivity contribution in [3.05, 3.63) is 77.9 Å². The Morgan fingerprint density at radius 3 is 2.45 bits per heavy atom. The molecular formula is C27H29N3O3. The van der Waals surface area contributed by atoms with Crippen LogP contribution in [0.4, 0.5) is 5.69 Å². The summed E-state index contributed by atoms with van der Waals surface area (Å²) < 4.78 is 0. The summed E-state index contributed by atoms with van der Waals surface area (Å²) in [7, 11) is 1.58. The van der Waals surface area contributed by atoms with E-state index in [2.05, 4.69) is 5.32 Å². The van der Waals surface area contributed by atoms with Gasteiger partial charge in [0.15, 0.2) is 0 Å². The van der Waals surface area contributed by atoms with E-state index in [1.165, 1.54) is 0 Å². The molecule has 0 saturated heterocycles. The Bertz CT molecular complexity index is 1170. The third-order valence-electron chi connectivity index (χ3n) is 6.32. The van der Waals surface area contributed by atoms with Gasteiger partial charge in [-0.1, -0.05) is 54.6 Å². The number of benzene rings is 3. The summed E-state index contributed by atoms with van der Waals surface area (Å²) in [5.74, 6) is -0.286. The zero-order valence-corrected chi connectivity index (χ0v) is 19.1. The van der Waals surface area contributed by atoms with E-state index in [1.54, 1.807) is 23.8 Å². The minimum atomic E-state index is -0.558. The molecule has 4 rings (SSSR count). The van der Waals surface area contributed by atoms with E-state index in [0.29, 0.717) is 31.5 Å². The minimum Gasteiger partial charge on any atom is -0.357 e. The molecule has 1 aliphatic heterocycles. The molecule has 170 valence electrons. The minimum absolute atomic E-state index is 0.0195. The molecule has 3 aromatic rings. The summed E-state index contributed by atoms with van der Waals surface area (Å²) in [6.45, 7) is 2.67. The zero-order chi connectivity index (χ0) is 23.4. The molecule has 0 aliphatic carbocycles. The molecule has 1 aliphatic rings. The maximum absolute atomic E-state index is 13.1. The van der Waals surface area contributed by atoms with Gasteiger partial charge in [0.1, 0.15) is 6.04 Å². The highest BCUT2D eigenvalue weighted by molar-refractivity contribution is 6.25. The van der Waals surface area contributed by atoms with Gasteiger partial charge in [-0.3, -0.25) is 14.4 Å². The number of nitrogens with zero attached hydrogens (tertiary/aromatic N) is 2. The fraction of sp³-hybridized carbons (Fsp3) is 0.296. The standard InChI is InChI=1S/C27H29N3O3/c1-19(26(32)28-2)29(18-16-20-9-4-3-5-10-20)24(31)15-8-17-30-23-14-7-12-21-11-6-13-22(25(21)23)27(30)33/h3-7,9-14,19H,8,15-18H2,1-2H3,(H,28,32). The van der Waals surface area contributed by atoms with Crippen molar-refractivity contribution >= 4 is 34.2 Å². The summed E-state index contributed by atoms with van der Waals surface area (Å²) in [5, 5.41) is 4.67. The van der Waals surface area contributed by atoms with Gasteiger partial charge in [0, 0.05) is 37.5 Å². The number of likely N-dealkylation sites (N-methyl/N-ethyl adjacent to an activating group) is 1. The number of rotatable bonds is 9. The number of nitrogens with one attached hydrogen (secondary N) is 1. The predicted molar refractivity (Wildman–Crippen MR) is 130 cm³/mol. The van der Waals surface area contributed by atoms with Gasteiger partial charge in [-0.15, -0.1) is 0 Å². The summed E-state index contributed by atoms with van der Waals surface area (Å²) >= 11 is 0. The van der Waals surface area contributed by atoms with Crippen LogP contribution < -0.4 is 10.2 Å². The van der Waals surface area contributed by atoms with Gasteiger partial charge < -0.3 is 15.1 Å². The summed E-state index contributed by atoms with van der Waals surface area (Å²) in [5.41, 5.74) is 2.74. The van der Waals surface area contributed by atoms with Crippen molar-refractivity contribution < 1.29 is 14.4 Å². The Hall–Kier alpha value is -3.67. The van der Waals surface area contributed by atoms with Crippen molar-refractivity contribution in [1.82, 2.24) is 10.2 Å². The van der Waals surface area contributed by atoms with Crippen molar-refractivity contribution in [3.8, 4) is 0 Å². The second-order valence-corrected chi connectivity index (χ2v) is 8.35. The van der Waals surface area contributed by atoms with Crippen LogP contribution in [0.1, 0.15) is 35.7 Å². The fourth-order valence-electron chi connectivity index (χ4n) is 4.51. The van der Waals surface area contributed by atoms with E-state index in [-0.39, 0.29) is 24.1 Å². The van der Waals surface area contributed by atoms with E-state index in [9.17, 15) is 14.4 Å². The van der Waals surface area contributed by atoms with Gasteiger partial charge in [-0.25, -0.2) is 0 Å². The number of hydrogen-bond acceptors (Lipinski definition) is 3. The van der Waals surface area contributed by atoms with Gasteiger partial charge in [0.2, 0.25) is 11.8 Å². The number of carbonyl (C=O) groups is 3. The number of anilines is 1. The molecule has 0 radical (unpaired) electrons. The molecule has 0 aromatic heterocycles. The molecule has 1 atom stereocenters. The number of hydrogen-bond donors (Lipinski definition) is 1. The van der Waals surface area contributed by atoms with E-state index < -0.39 is 6.04 Å². The average Bonchev–Trinajstić information content (AvgIpc) is 3.12. The summed E-state index contributed by atoms with van der Waals surface area (Å²) in [6.07, 6.45) is 1.47. The van der Waals surface area contributed by atoms with Crippen molar-refractivity contribution in [2.24, 2.45) is 0 Å². The Balaban J connectivity index is 1.41. The SMILES string of the molecule is CNC(=O)C(C)N(CCc1ccccc1)C(=O)CCCN1C(=O)c2cccc3cccc1c23. The second-order valence-electron chi connectivity index (χ2n) is 8.35. The third kappa shape index (κ3) is 4.60. The molecule has 0 saturated carbocycles. The van der Waals surface area contributed by atoms with E-state index in [0.717, 1.165) is 22.0 Å². The molecule has 3 aromatic carbocycles. The first kappa shape index (κ1) is 22.5. The maximum atomic E-state index is 13.1. The van der Waals surface area contributed by atoms with Crippen LogP contribution in [0.3, 0.4) is 0 Å². The van der Waals surface area contributed by atoms with E-state index in [4.69, 9.17) is 0 Å². The third-order valence-corrected chi connectivity index (χ3v) is 6.32. The fourth-order valence-corrected chi connectivity index (χ4v) is 4.51. The topological polar surface area (TPSA) is 69.7 Å². The Morgan fingerprint density at radius 1 is 1.00 bits per heavy atom. The van der Waals surface area contributed by atoms with E-state index >= 15 is 0 Å². The van der Waals surface area contributed by atoms with Crippen LogP contribution in [0.5, 0.6) is 0 Å². The van der Waals surface area contributed by atoms with Crippen LogP contribution in [-0.2, 0) is 16.0 Å². The lowest BCUT2D eigenvalue weighted by Crippen LogP contribution is -2.48. The van der Waals surface area contributed by atoms with Crippen LogP contribution in [0.25, 0.3) is 10.8 Å². The van der Waals surface area contributed by atoms with Crippen LogP contribution in [0.15, 0.2) is 66.7 Å². The van der Waals surface area contributed by atoms with Crippen molar-refractivity contribution in [3.63, 3.8) is 0 Å². The van der Waals surface area contributed by atoms with Gasteiger partial charge >= 0.3 is 0 Å². The van der Waals surface area contributed by atoms with Crippen molar-refractivity contribution in [2.75, 3.05) is 25.0 Å². The molecular weight excluding hydrogens is 414 g/mol. The van der Waals surface area contributed by atoms with Crippen LogP contribution in [0, 0.1) is 0 Å². The number of amides is 3. The van der Waals surface area contributed by atoms with Gasteiger partial charge in [0.25, 0.3) is 5.91 Å². The molecule has 1 unspecified atom stereocenters. The second kappa shape index (κ2) is 9.86. The summed E-state index contributed by atoms with van der Waals surface area (Å²) in [4.78, 5) is 41.8. The summed E-state index contributed by atoms with van der Waals surface area (Å²) in [6, 6.07) is 21.1. The lowest BCUT2D eigenvalue weighted by molar-refractivity contribution is -0.139. The molecule has 0 spiro atoms. The molecule has 6 nitrogen and oxygen atoms in total. The molecule has 3 amide bonds. The largest absolute Gasteiger partial charge is 0.357 e. The lowest BCUT2D eigenvalue weighted by Gasteiger charge is -2.28. The van der Waals surface area contributed by atoms with Gasteiger partial charge in [0.05, 0.1) is 5.69 Å². The average molecular weight is 444 g/mol. The molecule has 33 heavy (non-hydrogen) atoms. The Labute approximate surface area is 194 Å². The van der Waals surface area contributed by atoms with Crippen LogP contribution >= 0.6 is 0 Å². The maximum Gasteiger partial charge on any atom is 0.258 e. The normalized spacial score (nSPS) is 13.3. The van der Waals surface area contributed by atoms with Crippen molar-refractivity contribution in [1.29, 1.82) is 0 Å². The highest BCUT2D eigenvalue weighted by Crippen LogP contribution is 2.37. The van der Waals surface area contributed by atoms with Crippen LogP contribution in [0.2, 0.25) is 0 Å². The highest BCUT2D eigenvalue weighted by Gasteiger charge is 2.30. The number of carbonyl (C=O) groups excluding carboxylic acids is 3. The smallest absolute Gasteiger partial charge is 0.258 e. The van der Waals surface area contributed by atoms with Gasteiger partial charge in [-0.2, -0.15) is 0 Å². The molecule has 0 fully saturated rings. The molecule has 6 heteroatoms. The first-order chi connectivity index (χ1) is 16.0. The molecule has 1 heterocycles. The lowest BCUT2D eigenvalue weighted by atomic mass is 10.1. The first-order valence-corrected chi connectivity index (χ1v) is 11.4. The zero-order valence-electron chi connectivity index (χ0n) is 19.1. The van der Waals surface area contributed by atoms with Crippen molar-refractivity contribution in [2.45, 2.75) is 32.2 Å². The Morgan fingerprint density at radius 2 is 1.73 bits per heavy atom. The van der Waals surface area contributed by atoms with Gasteiger partial charge in [-0.05, 0) is 42.8 Å². The quantitative estimate of drug-likeness (QED) is 0.547. The Kier molecular flexibility index (Phi) is 6.73. The molecule has 0 bridgehead atoms. The van der Waals surface area contributed by atoms with Crippen LogP contribution in [-0.4, -0.2) is 48.8 Å². The van der Waals surface area contributed by atoms with E-state index in [1.807, 2.05) is 66.7 Å². The molecule has 1 N–H and O–H groups in total. The first-order valence-electron chi connectivity index (χ1n) is 11.4. The highest BCUT2D eigenvalue weighted by atomic mass is 16.2.